The molecule has 1 saturated carbocycles. The highest BCUT2D eigenvalue weighted by Crippen LogP contribution is 2.35. The topological polar surface area (TPSA) is 12.0 Å². The van der Waals surface area contributed by atoms with E-state index in [1.165, 1.54) is 32.2 Å². The van der Waals surface area contributed by atoms with Gasteiger partial charge in [-0.15, -0.1) is 0 Å². The van der Waals surface area contributed by atoms with Crippen LogP contribution in [0, 0.1) is 5.92 Å². The van der Waals surface area contributed by atoms with Crippen LogP contribution in [-0.4, -0.2) is 12.1 Å². The van der Waals surface area contributed by atoms with E-state index in [0.717, 1.165) is 5.92 Å². The van der Waals surface area contributed by atoms with Gasteiger partial charge in [-0.25, -0.2) is 0 Å². The van der Waals surface area contributed by atoms with Crippen molar-refractivity contribution in [2.24, 2.45) is 5.92 Å². The Balaban J connectivity index is 2.25. The van der Waals surface area contributed by atoms with E-state index in [-0.39, 0.29) is 0 Å². The maximum absolute atomic E-state index is 3.61. The first-order chi connectivity index (χ1) is 5.17. The summed E-state index contributed by atoms with van der Waals surface area (Å²) in [5.74, 6) is 0.939. The van der Waals surface area contributed by atoms with Crippen LogP contribution in [0.5, 0.6) is 0 Å². The third-order valence-electron chi connectivity index (χ3n) is 2.96. The van der Waals surface area contributed by atoms with Crippen molar-refractivity contribution in [2.75, 3.05) is 6.54 Å². The molecule has 0 aromatic rings. The molecule has 1 aliphatic carbocycles. The van der Waals surface area contributed by atoms with Crippen LogP contribution in [0.1, 0.15) is 46.5 Å². The van der Waals surface area contributed by atoms with Gasteiger partial charge in [0.2, 0.25) is 0 Å². The van der Waals surface area contributed by atoms with Crippen LogP contribution >= 0.6 is 0 Å². The Bertz CT molecular complexity index is 114. The van der Waals surface area contributed by atoms with Gasteiger partial charge in [0.25, 0.3) is 0 Å². The minimum atomic E-state index is 0.397. The van der Waals surface area contributed by atoms with Crippen molar-refractivity contribution >= 4 is 0 Å². The first-order valence-electron chi connectivity index (χ1n) is 4.92. The molecule has 1 rings (SSSR count). The molecule has 0 radical (unpaired) electrons. The molecule has 0 aromatic heterocycles. The molecule has 0 bridgehead atoms. The second kappa shape index (κ2) is 3.57. The highest BCUT2D eigenvalue weighted by molar-refractivity contribution is 4.90. The maximum atomic E-state index is 3.61. The van der Waals surface area contributed by atoms with Crippen molar-refractivity contribution in [1.29, 1.82) is 0 Å². The second-order valence-corrected chi connectivity index (χ2v) is 4.28. The number of nitrogens with one attached hydrogen (secondary N) is 1. The van der Waals surface area contributed by atoms with Gasteiger partial charge in [0.15, 0.2) is 0 Å². The normalized spacial score (nSPS) is 19.9. The van der Waals surface area contributed by atoms with Crippen LogP contribution in [0.3, 0.4) is 0 Å². The molecule has 0 amide bonds. The molecule has 66 valence electrons. The molecule has 0 aliphatic heterocycles. The fraction of sp³-hybridized carbons (Fsp3) is 1.00. The first kappa shape index (κ1) is 9.05. The summed E-state index contributed by atoms with van der Waals surface area (Å²) in [5, 5.41) is 3.61. The minimum Gasteiger partial charge on any atom is -0.312 e. The van der Waals surface area contributed by atoms with Crippen molar-refractivity contribution in [2.45, 2.75) is 52.0 Å². The van der Waals surface area contributed by atoms with E-state index in [9.17, 15) is 0 Å². The molecule has 0 heterocycles. The Morgan fingerprint density at radius 3 is 2.36 bits per heavy atom. The van der Waals surface area contributed by atoms with Crippen LogP contribution in [0.4, 0.5) is 0 Å². The summed E-state index contributed by atoms with van der Waals surface area (Å²) in [7, 11) is 0. The van der Waals surface area contributed by atoms with Crippen molar-refractivity contribution in [3.8, 4) is 0 Å². The van der Waals surface area contributed by atoms with E-state index in [1.807, 2.05) is 0 Å². The van der Waals surface area contributed by atoms with E-state index >= 15 is 0 Å². The molecular weight excluding hydrogens is 134 g/mol. The highest BCUT2D eigenvalue weighted by Gasteiger charge is 2.32. The zero-order valence-electron chi connectivity index (χ0n) is 8.11. The van der Waals surface area contributed by atoms with Gasteiger partial charge in [0.1, 0.15) is 0 Å². The van der Waals surface area contributed by atoms with Crippen LogP contribution in [0.15, 0.2) is 0 Å². The van der Waals surface area contributed by atoms with Crippen molar-refractivity contribution in [1.82, 2.24) is 5.32 Å². The molecule has 1 aliphatic rings. The molecule has 1 N–H and O–H groups in total. The van der Waals surface area contributed by atoms with Crippen LogP contribution in [-0.2, 0) is 0 Å². The number of hydrogen-bond donors (Lipinski definition) is 1. The minimum absolute atomic E-state index is 0.397. The lowest BCUT2D eigenvalue weighted by molar-refractivity contribution is 0.159. The van der Waals surface area contributed by atoms with Gasteiger partial charge < -0.3 is 5.32 Å². The largest absolute Gasteiger partial charge is 0.312 e. The van der Waals surface area contributed by atoms with Crippen molar-refractivity contribution < 1.29 is 0 Å². The Kier molecular flexibility index (Phi) is 2.94. The lowest BCUT2D eigenvalue weighted by Gasteiger charge is -2.41. The summed E-state index contributed by atoms with van der Waals surface area (Å²) in [6.07, 6.45) is 5.56. The summed E-state index contributed by atoms with van der Waals surface area (Å²) < 4.78 is 0. The fourth-order valence-corrected chi connectivity index (χ4v) is 1.72. The molecular formula is C10H21N. The molecule has 1 heteroatoms. The summed E-state index contributed by atoms with van der Waals surface area (Å²) in [4.78, 5) is 0. The molecule has 1 nitrogen and oxygen atoms in total. The van der Waals surface area contributed by atoms with E-state index in [0.29, 0.717) is 5.54 Å². The lowest BCUT2D eigenvalue weighted by Crippen LogP contribution is -2.48. The number of hydrogen-bond acceptors (Lipinski definition) is 1. The van der Waals surface area contributed by atoms with Crippen LogP contribution in [0.25, 0.3) is 0 Å². The Morgan fingerprint density at radius 1 is 1.36 bits per heavy atom. The van der Waals surface area contributed by atoms with Gasteiger partial charge in [-0.1, -0.05) is 13.3 Å². The molecule has 0 spiro atoms. The summed E-state index contributed by atoms with van der Waals surface area (Å²) in [5.41, 5.74) is 0.397. The molecule has 0 unspecified atom stereocenters. The average molecular weight is 155 g/mol. The highest BCUT2D eigenvalue weighted by atomic mass is 15.0. The SMILES string of the molecule is CCCNC(C)(C)C1CCC1. The van der Waals surface area contributed by atoms with Gasteiger partial charge in [-0.3, -0.25) is 0 Å². The quantitative estimate of drug-likeness (QED) is 0.658. The molecule has 11 heavy (non-hydrogen) atoms. The monoisotopic (exact) mass is 155 g/mol. The van der Waals surface area contributed by atoms with Crippen LogP contribution in [0.2, 0.25) is 0 Å². The van der Waals surface area contributed by atoms with Crippen molar-refractivity contribution in [3.05, 3.63) is 0 Å². The first-order valence-corrected chi connectivity index (χ1v) is 4.92. The zero-order valence-corrected chi connectivity index (χ0v) is 8.11. The summed E-state index contributed by atoms with van der Waals surface area (Å²) >= 11 is 0. The fourth-order valence-electron chi connectivity index (χ4n) is 1.72. The van der Waals surface area contributed by atoms with Crippen LogP contribution < -0.4 is 5.32 Å². The van der Waals surface area contributed by atoms with Gasteiger partial charge in [0, 0.05) is 5.54 Å². The van der Waals surface area contributed by atoms with Gasteiger partial charge >= 0.3 is 0 Å². The van der Waals surface area contributed by atoms with Gasteiger partial charge in [0.05, 0.1) is 0 Å². The molecule has 0 saturated heterocycles. The molecule has 1 fully saturated rings. The molecule has 0 atom stereocenters. The van der Waals surface area contributed by atoms with Gasteiger partial charge in [-0.2, -0.15) is 0 Å². The Hall–Kier alpha value is -0.0400. The standard InChI is InChI=1S/C10H21N/c1-4-8-11-10(2,3)9-6-5-7-9/h9,11H,4-8H2,1-3H3. The van der Waals surface area contributed by atoms with E-state index < -0.39 is 0 Å². The zero-order chi connectivity index (χ0) is 8.32. The van der Waals surface area contributed by atoms with E-state index in [4.69, 9.17) is 0 Å². The average Bonchev–Trinajstić information content (AvgIpc) is 1.78. The Morgan fingerprint density at radius 2 is 2.00 bits per heavy atom. The predicted octanol–water partition coefficient (Wildman–Crippen LogP) is 2.56. The maximum Gasteiger partial charge on any atom is 0.0153 e. The summed E-state index contributed by atoms with van der Waals surface area (Å²) in [6.45, 7) is 8.08. The predicted molar refractivity (Wildman–Crippen MR) is 49.7 cm³/mol. The molecule has 0 aromatic carbocycles. The summed E-state index contributed by atoms with van der Waals surface area (Å²) in [6, 6.07) is 0. The Labute approximate surface area is 70.6 Å². The van der Waals surface area contributed by atoms with Gasteiger partial charge in [-0.05, 0) is 45.6 Å². The van der Waals surface area contributed by atoms with E-state index in [1.54, 1.807) is 0 Å². The number of rotatable bonds is 4. The second-order valence-electron chi connectivity index (χ2n) is 4.28. The van der Waals surface area contributed by atoms with Crippen molar-refractivity contribution in [3.63, 3.8) is 0 Å². The van der Waals surface area contributed by atoms with E-state index in [2.05, 4.69) is 26.1 Å². The third-order valence-corrected chi connectivity index (χ3v) is 2.96. The smallest absolute Gasteiger partial charge is 0.0153 e. The lowest BCUT2D eigenvalue weighted by atomic mass is 9.72. The third kappa shape index (κ3) is 2.19.